The number of ether oxygens (including phenoxy) is 1. The molecule has 2 unspecified atom stereocenters. The van der Waals surface area contributed by atoms with E-state index in [0.717, 1.165) is 6.07 Å². The molecule has 1 saturated heterocycles. The van der Waals surface area contributed by atoms with E-state index in [1.54, 1.807) is 0 Å². The first-order chi connectivity index (χ1) is 20.8. The molecule has 45 heavy (non-hydrogen) atoms. The van der Waals surface area contributed by atoms with Gasteiger partial charge >= 0.3 is 18.0 Å². The standard InChI is InChI=1S/C30H27F7INO5S/c1-16(40)17-11-26(12-17)13-18(14-26)25(41)39-9-8-27(45(42,43)21-5-3-20(38)4-6-21)22-7-2-19(10-23(22)44-15-24(27)39)28(31,29(32,33)34)30(35,36)37/h2-7,10,17-18,24,40H,1,8-9,11-15H2. The number of alkyl halides is 7. The van der Waals surface area contributed by atoms with Crippen molar-refractivity contribution < 1.29 is 53.8 Å². The minimum Gasteiger partial charge on any atom is -0.513 e. The molecule has 2 saturated carbocycles. The Bertz CT molecular complexity index is 1650. The van der Waals surface area contributed by atoms with Gasteiger partial charge in [-0.15, -0.1) is 0 Å². The maximum Gasteiger partial charge on any atom is 0.435 e. The van der Waals surface area contributed by atoms with Gasteiger partial charge in [-0.25, -0.2) is 12.8 Å². The molecular formula is C30H27F7INO5S. The lowest BCUT2D eigenvalue weighted by atomic mass is 9.47. The maximum atomic E-state index is 15.0. The van der Waals surface area contributed by atoms with Crippen molar-refractivity contribution in [2.24, 2.45) is 17.3 Å². The van der Waals surface area contributed by atoms with E-state index in [9.17, 15) is 49.1 Å². The van der Waals surface area contributed by atoms with Crippen LogP contribution in [0.15, 0.2) is 59.7 Å². The first-order valence-electron chi connectivity index (χ1n) is 14.1. The van der Waals surface area contributed by atoms with Gasteiger partial charge < -0.3 is 14.7 Å². The summed E-state index contributed by atoms with van der Waals surface area (Å²) in [5.74, 6) is -1.32. The lowest BCUT2D eigenvalue weighted by Gasteiger charge is -2.57. The zero-order valence-electron chi connectivity index (χ0n) is 23.4. The molecule has 3 fully saturated rings. The van der Waals surface area contributed by atoms with Crippen LogP contribution in [-0.2, 0) is 25.0 Å². The fourth-order valence-corrected chi connectivity index (χ4v) is 10.4. The quantitative estimate of drug-likeness (QED) is 0.199. The second-order valence-corrected chi connectivity index (χ2v) is 16.0. The molecule has 4 aliphatic rings. The van der Waals surface area contributed by atoms with E-state index in [4.69, 9.17) is 4.74 Å². The zero-order chi connectivity index (χ0) is 33.0. The summed E-state index contributed by atoms with van der Waals surface area (Å²) in [6.45, 7) is 2.95. The summed E-state index contributed by atoms with van der Waals surface area (Å²) < 4.78 is 130. The summed E-state index contributed by atoms with van der Waals surface area (Å²) >= 11 is 1.97. The van der Waals surface area contributed by atoms with Gasteiger partial charge in [0.2, 0.25) is 5.91 Å². The van der Waals surface area contributed by atoms with E-state index in [1.165, 1.54) is 29.2 Å². The molecule has 2 atom stereocenters. The first-order valence-corrected chi connectivity index (χ1v) is 16.6. The maximum absolute atomic E-state index is 15.0. The van der Waals surface area contributed by atoms with Crippen molar-refractivity contribution in [2.75, 3.05) is 13.2 Å². The van der Waals surface area contributed by atoms with Crippen molar-refractivity contribution in [1.29, 1.82) is 0 Å². The Morgan fingerprint density at radius 3 is 2.09 bits per heavy atom. The molecule has 0 bridgehead atoms. The molecule has 2 aromatic rings. The number of halogens is 8. The summed E-state index contributed by atoms with van der Waals surface area (Å²) in [6.07, 6.45) is -10.5. The van der Waals surface area contributed by atoms with Crippen LogP contribution in [0.25, 0.3) is 0 Å². The highest BCUT2D eigenvalue weighted by atomic mass is 127. The molecule has 1 N–H and O–H groups in total. The molecule has 1 amide bonds. The molecule has 2 aliphatic heterocycles. The number of hydrogen-bond acceptors (Lipinski definition) is 5. The van der Waals surface area contributed by atoms with Gasteiger partial charge in [-0.2, -0.15) is 26.3 Å². The minimum atomic E-state index is -6.37. The summed E-state index contributed by atoms with van der Waals surface area (Å²) in [5.41, 5.74) is -7.88. The number of amides is 1. The Morgan fingerprint density at radius 2 is 1.53 bits per heavy atom. The molecule has 6 nitrogen and oxygen atoms in total. The van der Waals surface area contributed by atoms with E-state index in [-0.39, 0.29) is 52.5 Å². The van der Waals surface area contributed by atoms with Gasteiger partial charge in [-0.3, -0.25) is 4.79 Å². The number of fused-ring (bicyclic) bond motifs is 3. The van der Waals surface area contributed by atoms with Crippen LogP contribution in [0.3, 0.4) is 0 Å². The molecular weight excluding hydrogens is 746 g/mol. The van der Waals surface area contributed by atoms with Crippen LogP contribution in [0.5, 0.6) is 5.75 Å². The molecule has 2 aliphatic carbocycles. The van der Waals surface area contributed by atoms with E-state index in [1.807, 2.05) is 22.6 Å². The number of sulfone groups is 1. The number of likely N-dealkylation sites (tertiary alicyclic amines) is 1. The van der Waals surface area contributed by atoms with Gasteiger partial charge in [0.15, 0.2) is 9.84 Å². The molecule has 244 valence electrons. The van der Waals surface area contributed by atoms with E-state index in [0.29, 0.717) is 35.3 Å². The fraction of sp³-hybridized carbons (Fsp3) is 0.500. The number of carbonyl (C=O) groups excluding carboxylic acids is 1. The van der Waals surface area contributed by atoms with E-state index >= 15 is 0 Å². The molecule has 0 aromatic heterocycles. The van der Waals surface area contributed by atoms with E-state index < -0.39 is 62.5 Å². The third kappa shape index (κ3) is 4.60. The molecule has 6 rings (SSSR count). The number of allylic oxidation sites excluding steroid dienone is 1. The van der Waals surface area contributed by atoms with Crippen LogP contribution in [0.1, 0.15) is 43.2 Å². The average Bonchev–Trinajstić information content (AvgIpc) is 3.31. The average molecular weight is 774 g/mol. The molecule has 15 heteroatoms. The third-order valence-electron chi connectivity index (χ3n) is 10.1. The van der Waals surface area contributed by atoms with Crippen molar-refractivity contribution in [3.05, 3.63) is 69.5 Å². The zero-order valence-corrected chi connectivity index (χ0v) is 26.4. The van der Waals surface area contributed by atoms with Gasteiger partial charge in [0.1, 0.15) is 17.1 Å². The predicted molar refractivity (Wildman–Crippen MR) is 155 cm³/mol. The van der Waals surface area contributed by atoms with Crippen molar-refractivity contribution in [2.45, 2.75) is 65.8 Å². The molecule has 0 radical (unpaired) electrons. The Balaban J connectivity index is 1.41. The summed E-state index contributed by atoms with van der Waals surface area (Å²) in [7, 11) is -4.46. The SMILES string of the molecule is C=C(O)C1CC2(C1)CC(C(=O)N1CCC3(S(=O)(=O)c4ccc(I)cc4)c4ccc(C(F)(C(F)(F)F)C(F)(F)F)cc4OCC13)C2. The normalized spacial score (nSPS) is 29.7. The van der Waals surface area contributed by atoms with Gasteiger partial charge in [0.25, 0.3) is 0 Å². The van der Waals surface area contributed by atoms with E-state index in [2.05, 4.69) is 6.58 Å². The number of aliphatic hydroxyl groups is 1. The fourth-order valence-electron chi connectivity index (χ4n) is 7.76. The number of benzene rings is 2. The highest BCUT2D eigenvalue weighted by molar-refractivity contribution is 14.1. The van der Waals surface area contributed by atoms with Crippen molar-refractivity contribution in [3.63, 3.8) is 0 Å². The number of nitrogens with zero attached hydrogens (tertiary/aromatic N) is 1. The second-order valence-electron chi connectivity index (χ2n) is 12.5. The highest BCUT2D eigenvalue weighted by Crippen LogP contribution is 2.63. The highest BCUT2D eigenvalue weighted by Gasteiger charge is 2.74. The van der Waals surface area contributed by atoms with Gasteiger partial charge in [-0.1, -0.05) is 18.7 Å². The number of rotatable bonds is 5. The van der Waals surface area contributed by atoms with Crippen molar-refractivity contribution in [3.8, 4) is 5.75 Å². The van der Waals surface area contributed by atoms with Crippen LogP contribution < -0.4 is 4.74 Å². The molecule has 2 aromatic carbocycles. The van der Waals surface area contributed by atoms with Crippen LogP contribution in [0, 0.1) is 20.8 Å². The minimum absolute atomic E-state index is 0.0366. The Kier molecular flexibility index (Phi) is 7.35. The smallest absolute Gasteiger partial charge is 0.435 e. The summed E-state index contributed by atoms with van der Waals surface area (Å²) in [5, 5.41) is 9.66. The van der Waals surface area contributed by atoms with Crippen molar-refractivity contribution in [1.82, 2.24) is 4.90 Å². The van der Waals surface area contributed by atoms with Crippen LogP contribution in [0.2, 0.25) is 0 Å². The van der Waals surface area contributed by atoms with Gasteiger partial charge in [-0.05, 0) is 90.4 Å². The lowest BCUT2D eigenvalue weighted by Crippen LogP contribution is -2.58. The Morgan fingerprint density at radius 1 is 0.956 bits per heavy atom. The van der Waals surface area contributed by atoms with Gasteiger partial charge in [0.05, 0.1) is 16.7 Å². The predicted octanol–water partition coefficient (Wildman–Crippen LogP) is 7.12. The monoisotopic (exact) mass is 773 g/mol. The Labute approximate surface area is 267 Å². The summed E-state index contributed by atoms with van der Waals surface area (Å²) in [6, 6.07) is 5.89. The topological polar surface area (TPSA) is 83.9 Å². The molecule has 1 spiro atoms. The Hall–Kier alpha value is -2.56. The number of carbonyl (C=O) groups is 1. The van der Waals surface area contributed by atoms with Gasteiger partial charge in [0, 0.05) is 33.1 Å². The number of hydrogen-bond donors (Lipinski definition) is 1. The second kappa shape index (κ2) is 10.2. The van der Waals surface area contributed by atoms with Crippen LogP contribution in [-0.4, -0.2) is 55.9 Å². The van der Waals surface area contributed by atoms with Crippen LogP contribution >= 0.6 is 22.6 Å². The number of aliphatic hydroxyl groups excluding tert-OH is 1. The molecule has 2 heterocycles. The van der Waals surface area contributed by atoms with Crippen molar-refractivity contribution >= 4 is 38.3 Å². The summed E-state index contributed by atoms with van der Waals surface area (Å²) in [4.78, 5) is 15.0. The largest absolute Gasteiger partial charge is 0.513 e. The first kappa shape index (κ1) is 32.4. The lowest BCUT2D eigenvalue weighted by molar-refractivity contribution is -0.348. The third-order valence-corrected chi connectivity index (χ3v) is 13.3. The van der Waals surface area contributed by atoms with Crippen LogP contribution in [0.4, 0.5) is 30.7 Å².